The van der Waals surface area contributed by atoms with Crippen molar-refractivity contribution in [3.05, 3.63) is 64.4 Å². The zero-order valence-electron chi connectivity index (χ0n) is 17.5. The zero-order chi connectivity index (χ0) is 21.0. The number of likely N-dealkylation sites (N-methyl/N-ethyl adjacent to an activating group) is 1. The number of benzene rings is 2. The maximum absolute atomic E-state index is 12.4. The molecule has 1 heterocycles. The lowest BCUT2D eigenvalue weighted by Crippen LogP contribution is -2.35. The molecule has 0 fully saturated rings. The van der Waals surface area contributed by atoms with E-state index in [9.17, 15) is 4.79 Å². The summed E-state index contributed by atoms with van der Waals surface area (Å²) in [5, 5.41) is 9.46. The van der Waals surface area contributed by atoms with Gasteiger partial charge in [0.15, 0.2) is 12.6 Å². The molecule has 7 nitrogen and oxygen atoms in total. The molecule has 2 aromatic carbocycles. The average Bonchev–Trinajstić information content (AvgIpc) is 2.71. The van der Waals surface area contributed by atoms with Crippen molar-refractivity contribution in [1.82, 2.24) is 14.7 Å². The predicted octanol–water partition coefficient (Wildman–Crippen LogP) is 3.02. The molecule has 0 aliphatic heterocycles. The number of aromatic nitrogens is 2. The van der Waals surface area contributed by atoms with E-state index in [1.165, 1.54) is 4.68 Å². The van der Waals surface area contributed by atoms with Gasteiger partial charge in [-0.15, -0.1) is 0 Å². The predicted molar refractivity (Wildman–Crippen MR) is 115 cm³/mol. The van der Waals surface area contributed by atoms with Gasteiger partial charge in [-0.25, -0.2) is 4.68 Å². The second kappa shape index (κ2) is 9.07. The van der Waals surface area contributed by atoms with Crippen LogP contribution in [0.3, 0.4) is 0 Å². The van der Waals surface area contributed by atoms with Crippen LogP contribution in [-0.2, 0) is 11.8 Å². The lowest BCUT2D eigenvalue weighted by Gasteiger charge is -2.31. The average molecular weight is 396 g/mol. The van der Waals surface area contributed by atoms with Gasteiger partial charge in [-0.1, -0.05) is 30.3 Å². The highest BCUT2D eigenvalue weighted by atomic mass is 16.7. The Bertz CT molecular complexity index is 1010. The van der Waals surface area contributed by atoms with E-state index in [1.807, 2.05) is 50.5 Å². The Morgan fingerprint density at radius 1 is 1.10 bits per heavy atom. The summed E-state index contributed by atoms with van der Waals surface area (Å²) in [7, 11) is 7.36. The standard InChI is InChI=1S/C22H28N4O3/c1-15(20(25(2)3)16-10-12-17(13-11-16)29-14-28-5)23-21-18-8-6-7-9-19(18)22(27)26(4)24-21/h6-13,15,20H,14H2,1-5H3,(H,23,24)/t15-,20+/m0/s1. The van der Waals surface area contributed by atoms with Crippen LogP contribution in [0, 0.1) is 0 Å². The first-order valence-electron chi connectivity index (χ1n) is 9.53. The molecule has 0 unspecified atom stereocenters. The summed E-state index contributed by atoms with van der Waals surface area (Å²) in [5.74, 6) is 1.46. The number of hydrogen-bond acceptors (Lipinski definition) is 6. The van der Waals surface area contributed by atoms with Gasteiger partial charge in [0.1, 0.15) is 5.75 Å². The first-order chi connectivity index (χ1) is 13.9. The molecule has 3 aromatic rings. The van der Waals surface area contributed by atoms with Crippen LogP contribution in [0.1, 0.15) is 18.5 Å². The summed E-state index contributed by atoms with van der Waals surface area (Å²) in [6, 6.07) is 15.7. The Kier molecular flexibility index (Phi) is 6.51. The van der Waals surface area contributed by atoms with Gasteiger partial charge < -0.3 is 19.7 Å². The summed E-state index contributed by atoms with van der Waals surface area (Å²) in [5.41, 5.74) is 1.04. The number of hydrogen-bond donors (Lipinski definition) is 1. The maximum atomic E-state index is 12.4. The van der Waals surface area contributed by atoms with Crippen molar-refractivity contribution < 1.29 is 9.47 Å². The van der Waals surface area contributed by atoms with E-state index in [4.69, 9.17) is 9.47 Å². The Labute approximate surface area is 170 Å². The third-order valence-corrected chi connectivity index (χ3v) is 4.92. The van der Waals surface area contributed by atoms with Crippen molar-refractivity contribution in [3.63, 3.8) is 0 Å². The molecule has 29 heavy (non-hydrogen) atoms. The third kappa shape index (κ3) is 4.58. The van der Waals surface area contributed by atoms with E-state index in [1.54, 1.807) is 14.2 Å². The molecular weight excluding hydrogens is 368 g/mol. The van der Waals surface area contributed by atoms with Crippen LogP contribution in [0.25, 0.3) is 10.8 Å². The Balaban J connectivity index is 1.89. The smallest absolute Gasteiger partial charge is 0.274 e. The Morgan fingerprint density at radius 3 is 2.38 bits per heavy atom. The summed E-state index contributed by atoms with van der Waals surface area (Å²) in [6.45, 7) is 2.33. The third-order valence-electron chi connectivity index (χ3n) is 4.92. The normalized spacial score (nSPS) is 13.4. The first kappa shape index (κ1) is 20.8. The quantitative estimate of drug-likeness (QED) is 0.591. The highest BCUT2D eigenvalue weighted by Gasteiger charge is 2.23. The van der Waals surface area contributed by atoms with Crippen molar-refractivity contribution in [2.45, 2.75) is 19.0 Å². The number of fused-ring (bicyclic) bond motifs is 1. The summed E-state index contributed by atoms with van der Waals surface area (Å²) >= 11 is 0. The topological polar surface area (TPSA) is 68.6 Å². The Morgan fingerprint density at radius 2 is 1.76 bits per heavy atom. The molecule has 1 aromatic heterocycles. The van der Waals surface area contributed by atoms with Crippen LogP contribution in [0.4, 0.5) is 5.82 Å². The van der Waals surface area contributed by atoms with Gasteiger partial charge >= 0.3 is 0 Å². The minimum Gasteiger partial charge on any atom is -0.468 e. The van der Waals surface area contributed by atoms with Crippen molar-refractivity contribution in [1.29, 1.82) is 0 Å². The van der Waals surface area contributed by atoms with Gasteiger partial charge in [0.25, 0.3) is 5.56 Å². The maximum Gasteiger partial charge on any atom is 0.274 e. The Hall–Kier alpha value is -2.90. The fourth-order valence-electron chi connectivity index (χ4n) is 3.62. The van der Waals surface area contributed by atoms with Crippen LogP contribution < -0.4 is 15.6 Å². The van der Waals surface area contributed by atoms with Gasteiger partial charge in [-0.2, -0.15) is 5.10 Å². The lowest BCUT2D eigenvalue weighted by molar-refractivity contribution is 0.0511. The van der Waals surface area contributed by atoms with E-state index < -0.39 is 0 Å². The molecule has 154 valence electrons. The number of anilines is 1. The van der Waals surface area contributed by atoms with Crippen LogP contribution in [0.2, 0.25) is 0 Å². The molecule has 0 spiro atoms. The molecule has 0 saturated heterocycles. The number of nitrogens with one attached hydrogen (secondary N) is 1. The van der Waals surface area contributed by atoms with Crippen LogP contribution in [-0.4, -0.2) is 48.7 Å². The largest absolute Gasteiger partial charge is 0.468 e. The molecule has 3 rings (SSSR count). The van der Waals surface area contributed by atoms with E-state index in [0.717, 1.165) is 16.7 Å². The molecule has 0 radical (unpaired) electrons. The fourth-order valence-corrected chi connectivity index (χ4v) is 3.62. The van der Waals surface area contributed by atoms with Gasteiger partial charge in [0.2, 0.25) is 0 Å². The van der Waals surface area contributed by atoms with Gasteiger partial charge in [-0.05, 0) is 44.8 Å². The molecule has 0 bridgehead atoms. The van der Waals surface area contributed by atoms with Crippen molar-refractivity contribution in [2.75, 3.05) is 33.3 Å². The van der Waals surface area contributed by atoms with Crippen LogP contribution >= 0.6 is 0 Å². The molecule has 2 atom stereocenters. The SMILES string of the molecule is COCOc1ccc([C@@H]([C@H](C)Nc2nn(C)c(=O)c3ccccc23)N(C)C)cc1. The molecule has 0 aliphatic rings. The van der Waals surface area contributed by atoms with E-state index in [2.05, 4.69) is 34.4 Å². The van der Waals surface area contributed by atoms with Crippen LogP contribution in [0.5, 0.6) is 5.75 Å². The zero-order valence-corrected chi connectivity index (χ0v) is 17.5. The van der Waals surface area contributed by atoms with Gasteiger partial charge in [0.05, 0.1) is 11.4 Å². The number of ether oxygens (including phenoxy) is 2. The number of aryl methyl sites for hydroxylation is 1. The lowest BCUT2D eigenvalue weighted by atomic mass is 9.99. The molecule has 0 saturated carbocycles. The fraction of sp³-hybridized carbons (Fsp3) is 0.364. The van der Waals surface area contributed by atoms with Gasteiger partial charge in [0, 0.05) is 25.6 Å². The van der Waals surface area contributed by atoms with Crippen molar-refractivity contribution >= 4 is 16.6 Å². The molecular formula is C22H28N4O3. The van der Waals surface area contributed by atoms with Crippen molar-refractivity contribution in [2.24, 2.45) is 7.05 Å². The minimum absolute atomic E-state index is 0.0316. The number of methoxy groups -OCH3 is 1. The molecule has 0 amide bonds. The summed E-state index contributed by atoms with van der Waals surface area (Å²) < 4.78 is 11.8. The number of nitrogens with zero attached hydrogens (tertiary/aromatic N) is 3. The van der Waals surface area contributed by atoms with Crippen LogP contribution in [0.15, 0.2) is 53.3 Å². The molecule has 1 N–H and O–H groups in total. The van der Waals surface area contributed by atoms with E-state index in [-0.39, 0.29) is 24.4 Å². The molecule has 7 heteroatoms. The van der Waals surface area contributed by atoms with E-state index >= 15 is 0 Å². The summed E-state index contributed by atoms with van der Waals surface area (Å²) in [6.07, 6.45) is 0. The highest BCUT2D eigenvalue weighted by molar-refractivity contribution is 5.90. The summed E-state index contributed by atoms with van der Waals surface area (Å²) in [4.78, 5) is 14.5. The monoisotopic (exact) mass is 396 g/mol. The van der Waals surface area contributed by atoms with Crippen molar-refractivity contribution in [3.8, 4) is 5.75 Å². The first-order valence-corrected chi connectivity index (χ1v) is 9.53. The molecule has 0 aliphatic carbocycles. The van der Waals surface area contributed by atoms with E-state index in [0.29, 0.717) is 11.2 Å². The number of rotatable bonds is 8. The van der Waals surface area contributed by atoms with Gasteiger partial charge in [-0.3, -0.25) is 4.79 Å². The highest BCUT2D eigenvalue weighted by Crippen LogP contribution is 2.27. The minimum atomic E-state index is -0.102. The second-order valence-corrected chi connectivity index (χ2v) is 7.28. The second-order valence-electron chi connectivity index (χ2n) is 7.28.